The van der Waals surface area contributed by atoms with Crippen molar-refractivity contribution in [2.75, 3.05) is 26.4 Å². The van der Waals surface area contributed by atoms with Crippen molar-refractivity contribution in [1.82, 2.24) is 0 Å². The van der Waals surface area contributed by atoms with Crippen LogP contribution in [0.3, 0.4) is 0 Å². The highest BCUT2D eigenvalue weighted by Gasteiger charge is 2.27. The van der Waals surface area contributed by atoms with Gasteiger partial charge in [0.2, 0.25) is 0 Å². The number of phosphoric ester groups is 1. The molecule has 0 heterocycles. The monoisotopic (exact) mass is 895 g/mol. The van der Waals surface area contributed by atoms with Gasteiger partial charge >= 0.3 is 19.8 Å². The smallest absolute Gasteiger partial charge is 0.457 e. The van der Waals surface area contributed by atoms with Gasteiger partial charge in [-0.05, 0) is 51.4 Å². The summed E-state index contributed by atoms with van der Waals surface area (Å²) in [4.78, 5) is 34.6. The normalized spacial score (nSPS) is 14.2. The third-order valence-corrected chi connectivity index (χ3v) is 11.4. The number of carbonyl (C=O) groups is 2. The van der Waals surface area contributed by atoms with Crippen LogP contribution in [0.25, 0.3) is 0 Å². The van der Waals surface area contributed by atoms with Gasteiger partial charge < -0.3 is 24.6 Å². The number of unbranched alkanes of at least 4 members (excludes halogenated alkanes) is 22. The van der Waals surface area contributed by atoms with Crippen molar-refractivity contribution in [3.8, 4) is 0 Å². The van der Waals surface area contributed by atoms with Gasteiger partial charge in [0.05, 0.1) is 26.4 Å². The molecule has 3 atom stereocenters. The number of aliphatic hydroxyl groups is 2. The molecular weight excluding hydrogens is 804 g/mol. The third-order valence-electron chi connectivity index (χ3n) is 10.5. The molecule has 0 spiro atoms. The predicted octanol–water partition coefficient (Wildman–Crippen LogP) is 13.8. The second-order valence-electron chi connectivity index (χ2n) is 16.4. The van der Waals surface area contributed by atoms with E-state index >= 15 is 0 Å². The fourth-order valence-corrected chi connectivity index (χ4v) is 7.52. The van der Waals surface area contributed by atoms with Crippen LogP contribution >= 0.6 is 7.82 Å². The third kappa shape index (κ3) is 44.3. The number of hydrogen-bond acceptors (Lipinski definition) is 9. The molecule has 3 unspecified atom stereocenters. The summed E-state index contributed by atoms with van der Waals surface area (Å²) in [5, 5.41) is 19.2. The molecule has 11 heteroatoms. The summed E-state index contributed by atoms with van der Waals surface area (Å²) in [6, 6.07) is 0. The van der Waals surface area contributed by atoms with Gasteiger partial charge in [0.25, 0.3) is 0 Å². The van der Waals surface area contributed by atoms with Crippen LogP contribution in [0.5, 0.6) is 0 Å². The Kier molecular flexibility index (Phi) is 44.9. The molecule has 0 aromatic heterocycles. The Morgan fingerprint density at radius 3 is 1.10 bits per heavy atom. The quantitative estimate of drug-likeness (QED) is 0.0233. The standard InChI is InChI=1S/C51H91O10P/c1-3-5-7-9-11-13-15-17-19-21-22-23-24-25-27-29-31-33-35-37-39-41-43-51(55)61-49(45-53)47-59-62(56,57)58-46-48(44-52)60-50(54)42-40-38-36-34-32-30-28-26-20-18-16-14-12-10-8-6-4-2/h6,8,12,14,18,20,28,30,34,36,48-49,52-53H,3-5,7,9-11,13,15-17,19,21-27,29,31-33,35,37-47H2,1-2H3,(H,56,57)/b8-6-,14-12-,20-18-,30-28-,36-34-. The molecular formula is C51H91O10P. The van der Waals surface area contributed by atoms with Gasteiger partial charge in [-0.2, -0.15) is 0 Å². The summed E-state index contributed by atoms with van der Waals surface area (Å²) in [5.74, 6) is -1.07. The van der Waals surface area contributed by atoms with E-state index in [-0.39, 0.29) is 12.8 Å². The number of carbonyl (C=O) groups excluding carboxylic acids is 2. The van der Waals surface area contributed by atoms with Crippen LogP contribution in [0.1, 0.15) is 213 Å². The lowest BCUT2D eigenvalue weighted by Crippen LogP contribution is -2.28. The minimum Gasteiger partial charge on any atom is -0.457 e. The first kappa shape index (κ1) is 59.7. The highest BCUT2D eigenvalue weighted by molar-refractivity contribution is 7.47. The topological polar surface area (TPSA) is 149 Å². The van der Waals surface area contributed by atoms with Crippen molar-refractivity contribution in [2.24, 2.45) is 0 Å². The SMILES string of the molecule is CC/C=C\C/C=C\C/C=C\C/C=C\C/C=C\CCCC(=O)OC(CO)COP(=O)(O)OCC(CO)OC(=O)CCCCCCCCCCCCCCCCCCCCCCCC. The van der Waals surface area contributed by atoms with E-state index in [0.29, 0.717) is 19.3 Å². The Morgan fingerprint density at radius 1 is 0.452 bits per heavy atom. The Labute approximate surface area is 378 Å². The van der Waals surface area contributed by atoms with Crippen LogP contribution in [0, 0.1) is 0 Å². The highest BCUT2D eigenvalue weighted by Crippen LogP contribution is 2.43. The molecule has 0 saturated carbocycles. The fourth-order valence-electron chi connectivity index (χ4n) is 6.74. The number of aliphatic hydroxyl groups excluding tert-OH is 2. The van der Waals surface area contributed by atoms with E-state index < -0.39 is 58.4 Å². The van der Waals surface area contributed by atoms with E-state index in [1.165, 1.54) is 116 Å². The Morgan fingerprint density at radius 2 is 0.758 bits per heavy atom. The number of hydrogen-bond donors (Lipinski definition) is 3. The van der Waals surface area contributed by atoms with Crippen molar-refractivity contribution in [3.05, 3.63) is 60.8 Å². The van der Waals surface area contributed by atoms with Gasteiger partial charge in [0.15, 0.2) is 0 Å². The second kappa shape index (κ2) is 46.7. The zero-order valence-corrected chi connectivity index (χ0v) is 40.2. The number of phosphoric acid groups is 1. The van der Waals surface area contributed by atoms with Gasteiger partial charge in [-0.25, -0.2) is 4.57 Å². The van der Waals surface area contributed by atoms with Crippen LogP contribution in [-0.2, 0) is 32.7 Å². The van der Waals surface area contributed by atoms with Gasteiger partial charge in [-0.15, -0.1) is 0 Å². The minimum atomic E-state index is -4.66. The average molecular weight is 895 g/mol. The number of esters is 2. The summed E-state index contributed by atoms with van der Waals surface area (Å²) in [7, 11) is -4.66. The van der Waals surface area contributed by atoms with Gasteiger partial charge in [-0.1, -0.05) is 209 Å². The number of allylic oxidation sites excluding steroid dienone is 10. The molecule has 0 bridgehead atoms. The summed E-state index contributed by atoms with van der Waals surface area (Å²) < 4.78 is 32.6. The van der Waals surface area contributed by atoms with Gasteiger partial charge in [0, 0.05) is 12.8 Å². The maximum atomic E-state index is 12.4. The molecule has 0 fully saturated rings. The molecule has 0 aliphatic carbocycles. The highest BCUT2D eigenvalue weighted by atomic mass is 31.2. The Balaban J connectivity index is 3.89. The van der Waals surface area contributed by atoms with E-state index in [2.05, 4.69) is 62.5 Å². The zero-order valence-electron chi connectivity index (χ0n) is 39.3. The predicted molar refractivity (Wildman–Crippen MR) is 256 cm³/mol. The molecule has 0 aliphatic heterocycles. The molecule has 3 N–H and O–H groups in total. The lowest BCUT2D eigenvalue weighted by molar-refractivity contribution is -0.153. The summed E-state index contributed by atoms with van der Waals surface area (Å²) in [5.41, 5.74) is 0. The molecule has 0 aliphatic rings. The largest absolute Gasteiger partial charge is 0.472 e. The lowest BCUT2D eigenvalue weighted by atomic mass is 10.0. The molecule has 0 aromatic carbocycles. The first-order chi connectivity index (χ1) is 30.3. The molecule has 0 aromatic rings. The van der Waals surface area contributed by atoms with Crippen LogP contribution in [0.4, 0.5) is 0 Å². The average Bonchev–Trinajstić information content (AvgIpc) is 3.26. The Bertz CT molecular complexity index is 1210. The van der Waals surface area contributed by atoms with Crippen LogP contribution < -0.4 is 0 Å². The van der Waals surface area contributed by atoms with Crippen molar-refractivity contribution in [1.29, 1.82) is 0 Å². The Hall–Kier alpha value is -2.33. The minimum absolute atomic E-state index is 0.112. The van der Waals surface area contributed by atoms with Gasteiger partial charge in [0.1, 0.15) is 12.2 Å². The summed E-state index contributed by atoms with van der Waals surface area (Å²) >= 11 is 0. The molecule has 360 valence electrons. The molecule has 0 saturated heterocycles. The van der Waals surface area contributed by atoms with Crippen molar-refractivity contribution in [2.45, 2.75) is 225 Å². The second-order valence-corrected chi connectivity index (χ2v) is 17.9. The molecule has 10 nitrogen and oxygen atoms in total. The summed E-state index contributed by atoms with van der Waals surface area (Å²) in [6.45, 7) is 2.06. The first-order valence-electron chi connectivity index (χ1n) is 24.7. The lowest BCUT2D eigenvalue weighted by Gasteiger charge is -2.20. The van der Waals surface area contributed by atoms with Crippen LogP contribution in [-0.4, -0.2) is 65.7 Å². The molecule has 0 amide bonds. The van der Waals surface area contributed by atoms with E-state index in [1.54, 1.807) is 0 Å². The zero-order chi connectivity index (χ0) is 45.5. The van der Waals surface area contributed by atoms with E-state index in [9.17, 15) is 29.3 Å². The fraction of sp³-hybridized carbons (Fsp3) is 0.765. The maximum absolute atomic E-state index is 12.4. The van der Waals surface area contributed by atoms with Crippen molar-refractivity contribution < 1.29 is 47.8 Å². The molecule has 62 heavy (non-hydrogen) atoms. The van der Waals surface area contributed by atoms with Crippen LogP contribution in [0.15, 0.2) is 60.8 Å². The number of rotatable bonds is 46. The number of ether oxygens (including phenoxy) is 2. The summed E-state index contributed by atoms with van der Waals surface area (Å²) in [6.07, 6.45) is 53.5. The van der Waals surface area contributed by atoms with Crippen LogP contribution in [0.2, 0.25) is 0 Å². The van der Waals surface area contributed by atoms with E-state index in [1.807, 2.05) is 12.2 Å². The van der Waals surface area contributed by atoms with Crippen molar-refractivity contribution >= 4 is 19.8 Å². The molecule has 0 rings (SSSR count). The maximum Gasteiger partial charge on any atom is 0.472 e. The van der Waals surface area contributed by atoms with E-state index in [0.717, 1.165) is 51.4 Å². The first-order valence-corrected chi connectivity index (χ1v) is 26.2. The van der Waals surface area contributed by atoms with E-state index in [4.69, 9.17) is 18.5 Å². The van der Waals surface area contributed by atoms with Crippen molar-refractivity contribution in [3.63, 3.8) is 0 Å². The van der Waals surface area contributed by atoms with Gasteiger partial charge in [-0.3, -0.25) is 18.6 Å². The molecule has 0 radical (unpaired) electrons.